The van der Waals surface area contributed by atoms with E-state index in [1.165, 1.54) is 0 Å². The molecule has 0 unspecified atom stereocenters. The van der Waals surface area contributed by atoms with E-state index in [1.807, 2.05) is 18.2 Å². The molecule has 1 N–H and O–H groups in total. The Labute approximate surface area is 161 Å². The van der Waals surface area contributed by atoms with E-state index in [1.54, 1.807) is 12.1 Å². The van der Waals surface area contributed by atoms with E-state index in [0.717, 1.165) is 54.3 Å². The van der Waals surface area contributed by atoms with Crippen molar-refractivity contribution in [1.82, 2.24) is 5.32 Å². The molecule has 0 bridgehead atoms. The maximum absolute atomic E-state index is 12.5. The summed E-state index contributed by atoms with van der Waals surface area (Å²) >= 11 is -2.67. The van der Waals surface area contributed by atoms with Crippen LogP contribution in [0.25, 0.3) is 0 Å². The third kappa shape index (κ3) is 8.39. The number of unbranched alkanes of at least 4 members (excludes halogenated alkanes) is 3. The van der Waals surface area contributed by atoms with Gasteiger partial charge in [0.1, 0.15) is 0 Å². The number of carbonyl (C=O) groups is 2. The Morgan fingerprint density at radius 3 is 1.85 bits per heavy atom. The van der Waals surface area contributed by atoms with E-state index in [-0.39, 0.29) is 18.4 Å². The van der Waals surface area contributed by atoms with Crippen LogP contribution in [0.1, 0.15) is 69.7 Å². The van der Waals surface area contributed by atoms with E-state index in [0.29, 0.717) is 5.56 Å². The van der Waals surface area contributed by atoms with E-state index >= 15 is 0 Å². The number of nitrogens with one attached hydrogen (secondary N) is 1. The van der Waals surface area contributed by atoms with Gasteiger partial charge in [0.15, 0.2) is 0 Å². The second kappa shape index (κ2) is 13.0. The molecule has 1 aromatic carbocycles. The first-order valence-corrected chi connectivity index (χ1v) is 15.4. The van der Waals surface area contributed by atoms with Gasteiger partial charge in [-0.3, -0.25) is 0 Å². The van der Waals surface area contributed by atoms with E-state index in [2.05, 4.69) is 26.1 Å². The summed E-state index contributed by atoms with van der Waals surface area (Å²) in [5, 5.41) is 5.98. The number of amides is 1. The van der Waals surface area contributed by atoms with Gasteiger partial charge < -0.3 is 0 Å². The van der Waals surface area contributed by atoms with Crippen molar-refractivity contribution >= 4 is 25.5 Å². The van der Waals surface area contributed by atoms with Crippen LogP contribution in [-0.2, 0) is 8.56 Å². The second-order valence-corrected chi connectivity index (χ2v) is 15.6. The SMILES string of the molecule is CCC[CH2][Ge]([CH2]CCC)([CH2]CCC)[O]C(=O)CNC(=O)c1ccccc1. The zero-order valence-electron chi connectivity index (χ0n) is 16.7. The molecule has 0 spiro atoms. The molecule has 1 amide bonds. The van der Waals surface area contributed by atoms with Crippen molar-refractivity contribution in [2.75, 3.05) is 6.54 Å². The maximum atomic E-state index is 12.5. The molecule has 0 fully saturated rings. The first-order valence-electron chi connectivity index (χ1n) is 10.1. The molecule has 1 rings (SSSR count). The number of hydrogen-bond donors (Lipinski definition) is 1. The summed E-state index contributed by atoms with van der Waals surface area (Å²) in [5.41, 5.74) is 0.566. The minimum atomic E-state index is -2.67. The Bertz CT molecular complexity index is 512. The third-order valence-corrected chi connectivity index (χ3v) is 14.1. The predicted molar refractivity (Wildman–Crippen MR) is 110 cm³/mol. The van der Waals surface area contributed by atoms with Crippen LogP contribution in [0.4, 0.5) is 0 Å². The number of benzene rings is 1. The predicted octanol–water partition coefficient (Wildman–Crippen LogP) is 5.31. The van der Waals surface area contributed by atoms with Gasteiger partial charge in [-0.25, -0.2) is 0 Å². The van der Waals surface area contributed by atoms with Crippen molar-refractivity contribution < 1.29 is 13.4 Å². The summed E-state index contributed by atoms with van der Waals surface area (Å²) in [6.45, 7) is 6.53. The quantitative estimate of drug-likeness (QED) is 0.439. The molecule has 146 valence electrons. The van der Waals surface area contributed by atoms with Crippen LogP contribution in [0.5, 0.6) is 0 Å². The molecule has 0 radical (unpaired) electrons. The number of carbonyl (C=O) groups excluding carboxylic acids is 2. The van der Waals surface area contributed by atoms with Crippen LogP contribution in [0.3, 0.4) is 0 Å². The van der Waals surface area contributed by atoms with Gasteiger partial charge in [0.25, 0.3) is 0 Å². The fourth-order valence-corrected chi connectivity index (χ4v) is 12.8. The summed E-state index contributed by atoms with van der Waals surface area (Å²) in [6.07, 6.45) is 6.81. The van der Waals surface area contributed by atoms with E-state index in [4.69, 9.17) is 3.76 Å². The zero-order valence-corrected chi connectivity index (χ0v) is 18.8. The summed E-state index contributed by atoms with van der Waals surface area (Å²) in [5.74, 6) is -0.478. The summed E-state index contributed by atoms with van der Waals surface area (Å²) in [7, 11) is 0. The van der Waals surface area contributed by atoms with Crippen LogP contribution in [0, 0.1) is 0 Å². The van der Waals surface area contributed by atoms with Crippen molar-refractivity contribution in [3.05, 3.63) is 35.9 Å². The van der Waals surface area contributed by atoms with Gasteiger partial charge in [0, 0.05) is 0 Å². The third-order valence-electron chi connectivity index (χ3n) is 4.72. The van der Waals surface area contributed by atoms with Gasteiger partial charge in [0.05, 0.1) is 0 Å². The van der Waals surface area contributed by atoms with Crippen LogP contribution in [0.2, 0.25) is 15.8 Å². The van der Waals surface area contributed by atoms with Gasteiger partial charge >= 0.3 is 162 Å². The molecule has 0 atom stereocenters. The molecular weight excluding hydrogens is 387 g/mol. The number of rotatable bonds is 13. The molecule has 0 aromatic heterocycles. The first-order chi connectivity index (χ1) is 12.6. The van der Waals surface area contributed by atoms with Gasteiger partial charge in [-0.2, -0.15) is 0 Å². The molecule has 0 heterocycles. The van der Waals surface area contributed by atoms with Crippen LogP contribution in [-0.4, -0.2) is 32.0 Å². The monoisotopic (exact) mass is 423 g/mol. The summed E-state index contributed by atoms with van der Waals surface area (Å²) in [4.78, 5) is 24.6. The topological polar surface area (TPSA) is 55.4 Å². The van der Waals surface area contributed by atoms with Crippen molar-refractivity contribution in [2.24, 2.45) is 0 Å². The van der Waals surface area contributed by atoms with Gasteiger partial charge in [-0.15, -0.1) is 0 Å². The van der Waals surface area contributed by atoms with Gasteiger partial charge in [0.2, 0.25) is 0 Å². The molecule has 1 aromatic rings. The fourth-order valence-electron chi connectivity index (χ4n) is 3.15. The minimum absolute atomic E-state index is 0.0366. The van der Waals surface area contributed by atoms with Crippen LogP contribution < -0.4 is 5.32 Å². The van der Waals surface area contributed by atoms with Gasteiger partial charge in [-0.1, -0.05) is 0 Å². The second-order valence-electron chi connectivity index (χ2n) is 7.02. The zero-order chi connectivity index (χ0) is 19.3. The Kier molecular flexibility index (Phi) is 11.3. The van der Waals surface area contributed by atoms with Crippen molar-refractivity contribution in [1.29, 1.82) is 0 Å². The average Bonchev–Trinajstić information content (AvgIpc) is 2.67. The molecule has 0 saturated carbocycles. The Morgan fingerprint density at radius 2 is 1.38 bits per heavy atom. The van der Waals surface area contributed by atoms with E-state index < -0.39 is 13.6 Å². The molecule has 5 heteroatoms. The Hall–Kier alpha value is -1.30. The Morgan fingerprint density at radius 1 is 0.885 bits per heavy atom. The average molecular weight is 422 g/mol. The van der Waals surface area contributed by atoms with Gasteiger partial charge in [-0.05, 0) is 0 Å². The molecule has 0 aliphatic carbocycles. The fraction of sp³-hybridized carbons (Fsp3) is 0.619. The van der Waals surface area contributed by atoms with Crippen molar-refractivity contribution in [2.45, 2.75) is 75.1 Å². The molecular formula is C21H35GeNO3. The molecule has 4 nitrogen and oxygen atoms in total. The molecule has 0 aliphatic heterocycles. The Balaban J connectivity index is 2.67. The van der Waals surface area contributed by atoms with Crippen molar-refractivity contribution in [3.8, 4) is 0 Å². The first kappa shape index (κ1) is 22.7. The van der Waals surface area contributed by atoms with E-state index in [9.17, 15) is 9.59 Å². The standard InChI is InChI=1S/C21H35GeNO3/c1-4-7-15-22(16-8-5-2,17-9-6-3)26-20(24)18-23-21(25)19-13-11-10-12-14-19/h10-14H,4-9,15-18H2,1-3H3,(H,23,25). The molecule has 0 aliphatic rings. The summed E-state index contributed by atoms with van der Waals surface area (Å²) in [6, 6.07) is 8.98. The van der Waals surface area contributed by atoms with Crippen LogP contribution in [0.15, 0.2) is 30.3 Å². The normalized spacial score (nSPS) is 11.2. The molecule has 26 heavy (non-hydrogen) atoms. The number of hydrogen-bond acceptors (Lipinski definition) is 3. The van der Waals surface area contributed by atoms with Crippen molar-refractivity contribution in [3.63, 3.8) is 0 Å². The van der Waals surface area contributed by atoms with Crippen LogP contribution >= 0.6 is 0 Å². The summed E-state index contributed by atoms with van der Waals surface area (Å²) < 4.78 is 6.16. The molecule has 0 saturated heterocycles.